The van der Waals surface area contributed by atoms with Gasteiger partial charge in [-0.25, -0.2) is 0 Å². The van der Waals surface area contributed by atoms with E-state index in [1.165, 1.54) is 5.56 Å². The molecular formula is C13H19NOS. The van der Waals surface area contributed by atoms with Crippen molar-refractivity contribution in [2.45, 2.75) is 6.54 Å². The predicted octanol–water partition coefficient (Wildman–Crippen LogP) is 2.61. The summed E-state index contributed by atoms with van der Waals surface area (Å²) >= 11 is 4.20. The van der Waals surface area contributed by atoms with Gasteiger partial charge in [0.2, 0.25) is 0 Å². The van der Waals surface area contributed by atoms with Crippen LogP contribution in [0.5, 0.6) is 5.75 Å². The molecule has 1 rings (SSSR count). The second kappa shape index (κ2) is 6.61. The Morgan fingerprint density at radius 1 is 1.38 bits per heavy atom. The molecule has 0 unspecified atom stereocenters. The molecule has 0 saturated heterocycles. The van der Waals surface area contributed by atoms with Gasteiger partial charge >= 0.3 is 0 Å². The lowest BCUT2D eigenvalue weighted by Crippen LogP contribution is -2.20. The Hall–Kier alpha value is -0.930. The fourth-order valence-corrected chi connectivity index (χ4v) is 1.63. The zero-order valence-electron chi connectivity index (χ0n) is 9.94. The molecule has 0 radical (unpaired) electrons. The summed E-state index contributed by atoms with van der Waals surface area (Å²) in [6.07, 6.45) is 0. The Labute approximate surface area is 103 Å². The van der Waals surface area contributed by atoms with Crippen LogP contribution in [0.25, 0.3) is 0 Å². The average molecular weight is 237 g/mol. The van der Waals surface area contributed by atoms with Crippen molar-refractivity contribution in [1.29, 1.82) is 0 Å². The minimum Gasteiger partial charge on any atom is -0.497 e. The van der Waals surface area contributed by atoms with Gasteiger partial charge in [-0.2, -0.15) is 12.6 Å². The average Bonchev–Trinajstić information content (AvgIpc) is 2.29. The van der Waals surface area contributed by atoms with Crippen molar-refractivity contribution >= 4 is 12.6 Å². The van der Waals surface area contributed by atoms with E-state index in [0.29, 0.717) is 0 Å². The first-order valence-corrected chi connectivity index (χ1v) is 5.88. The first-order valence-electron chi connectivity index (χ1n) is 5.24. The van der Waals surface area contributed by atoms with Gasteiger partial charge in [-0.3, -0.25) is 4.90 Å². The molecule has 0 aliphatic rings. The lowest BCUT2D eigenvalue weighted by Gasteiger charge is -2.17. The van der Waals surface area contributed by atoms with Gasteiger partial charge in [-0.05, 0) is 24.7 Å². The summed E-state index contributed by atoms with van der Waals surface area (Å²) in [6, 6.07) is 8.13. The van der Waals surface area contributed by atoms with Gasteiger partial charge < -0.3 is 4.74 Å². The summed E-state index contributed by atoms with van der Waals surface area (Å²) in [6.45, 7) is 5.74. The van der Waals surface area contributed by atoms with Gasteiger partial charge in [0.15, 0.2) is 0 Å². The van der Waals surface area contributed by atoms with E-state index in [1.807, 2.05) is 12.1 Å². The van der Waals surface area contributed by atoms with E-state index in [0.717, 1.165) is 30.2 Å². The van der Waals surface area contributed by atoms with E-state index in [1.54, 1.807) is 7.11 Å². The van der Waals surface area contributed by atoms with Crippen LogP contribution in [0.4, 0.5) is 0 Å². The smallest absolute Gasteiger partial charge is 0.118 e. The third-order valence-electron chi connectivity index (χ3n) is 2.33. The number of rotatable bonds is 6. The number of likely N-dealkylation sites (N-methyl/N-ethyl adjacent to an activating group) is 1. The standard InChI is InChI=1S/C13H19NOS/c1-11(10-16)8-14(2)9-12-4-6-13(15-3)7-5-12/h4-7,16H,1,8-10H2,2-3H3. The third-order valence-corrected chi connectivity index (χ3v) is 2.78. The number of nitrogens with zero attached hydrogens (tertiary/aromatic N) is 1. The molecule has 1 aromatic rings. The number of benzene rings is 1. The predicted molar refractivity (Wildman–Crippen MR) is 72.3 cm³/mol. The molecule has 0 aliphatic carbocycles. The van der Waals surface area contributed by atoms with Gasteiger partial charge in [0.1, 0.15) is 5.75 Å². The summed E-state index contributed by atoms with van der Waals surface area (Å²) < 4.78 is 5.12. The molecule has 0 heterocycles. The van der Waals surface area contributed by atoms with Crippen molar-refractivity contribution in [3.05, 3.63) is 42.0 Å². The van der Waals surface area contributed by atoms with E-state index in [4.69, 9.17) is 4.74 Å². The fraction of sp³-hybridized carbons (Fsp3) is 0.385. The highest BCUT2D eigenvalue weighted by molar-refractivity contribution is 7.80. The van der Waals surface area contributed by atoms with Crippen LogP contribution in [0.15, 0.2) is 36.4 Å². The fourth-order valence-electron chi connectivity index (χ4n) is 1.53. The normalized spacial score (nSPS) is 10.5. The summed E-state index contributed by atoms with van der Waals surface area (Å²) in [5.41, 5.74) is 2.41. The molecule has 2 nitrogen and oxygen atoms in total. The summed E-state index contributed by atoms with van der Waals surface area (Å²) in [7, 11) is 3.76. The maximum Gasteiger partial charge on any atom is 0.118 e. The number of thiol groups is 1. The van der Waals surface area contributed by atoms with Crippen LogP contribution in [0.2, 0.25) is 0 Å². The molecule has 3 heteroatoms. The van der Waals surface area contributed by atoms with Crippen LogP contribution < -0.4 is 4.74 Å². The minimum atomic E-state index is 0.743. The Bertz CT molecular complexity index is 334. The molecule has 0 aromatic heterocycles. The van der Waals surface area contributed by atoms with Crippen molar-refractivity contribution in [2.24, 2.45) is 0 Å². The van der Waals surface area contributed by atoms with Crippen molar-refractivity contribution in [1.82, 2.24) is 4.90 Å². The molecule has 0 N–H and O–H groups in total. The number of ether oxygens (including phenoxy) is 1. The number of methoxy groups -OCH3 is 1. The van der Waals surface area contributed by atoms with E-state index >= 15 is 0 Å². The monoisotopic (exact) mass is 237 g/mol. The molecule has 0 atom stereocenters. The Kier molecular flexibility index (Phi) is 5.43. The first kappa shape index (κ1) is 13.1. The zero-order chi connectivity index (χ0) is 12.0. The van der Waals surface area contributed by atoms with Gasteiger partial charge in [0, 0.05) is 18.8 Å². The van der Waals surface area contributed by atoms with Crippen molar-refractivity contribution in [2.75, 3.05) is 26.5 Å². The molecule has 0 bridgehead atoms. The SMILES string of the molecule is C=C(CS)CN(C)Cc1ccc(OC)cc1. The third kappa shape index (κ3) is 4.29. The lowest BCUT2D eigenvalue weighted by atomic mass is 10.2. The molecule has 0 fully saturated rings. The topological polar surface area (TPSA) is 12.5 Å². The molecule has 0 saturated carbocycles. The van der Waals surface area contributed by atoms with Gasteiger partial charge in [0.25, 0.3) is 0 Å². The molecule has 88 valence electrons. The second-order valence-corrected chi connectivity index (χ2v) is 4.24. The summed E-state index contributed by atoms with van der Waals surface area (Å²) in [4.78, 5) is 2.22. The van der Waals surface area contributed by atoms with Crippen LogP contribution in [-0.4, -0.2) is 31.4 Å². The van der Waals surface area contributed by atoms with Crippen molar-refractivity contribution in [3.8, 4) is 5.75 Å². The maximum atomic E-state index is 5.12. The summed E-state index contributed by atoms with van der Waals surface area (Å²) in [5.74, 6) is 1.64. The van der Waals surface area contributed by atoms with E-state index in [-0.39, 0.29) is 0 Å². The molecule has 0 aliphatic heterocycles. The van der Waals surface area contributed by atoms with Gasteiger partial charge in [-0.1, -0.05) is 24.3 Å². The number of hydrogen-bond donors (Lipinski definition) is 1. The van der Waals surface area contributed by atoms with Crippen LogP contribution in [0.1, 0.15) is 5.56 Å². The molecule has 0 spiro atoms. The zero-order valence-corrected chi connectivity index (χ0v) is 10.8. The first-order chi connectivity index (χ1) is 7.65. The van der Waals surface area contributed by atoms with Crippen LogP contribution >= 0.6 is 12.6 Å². The highest BCUT2D eigenvalue weighted by Gasteiger charge is 2.02. The Morgan fingerprint density at radius 3 is 2.50 bits per heavy atom. The van der Waals surface area contributed by atoms with Gasteiger partial charge in [-0.15, -0.1) is 0 Å². The minimum absolute atomic E-state index is 0.743. The molecule has 16 heavy (non-hydrogen) atoms. The van der Waals surface area contributed by atoms with Crippen LogP contribution in [0, 0.1) is 0 Å². The number of hydrogen-bond acceptors (Lipinski definition) is 3. The highest BCUT2D eigenvalue weighted by atomic mass is 32.1. The molecule has 0 amide bonds. The summed E-state index contributed by atoms with van der Waals surface area (Å²) in [5, 5.41) is 0. The Morgan fingerprint density at radius 2 is 2.00 bits per heavy atom. The maximum absolute atomic E-state index is 5.12. The lowest BCUT2D eigenvalue weighted by molar-refractivity contribution is 0.355. The highest BCUT2D eigenvalue weighted by Crippen LogP contribution is 2.12. The van der Waals surface area contributed by atoms with E-state index in [9.17, 15) is 0 Å². The molecular weight excluding hydrogens is 218 g/mol. The quantitative estimate of drug-likeness (QED) is 0.603. The van der Waals surface area contributed by atoms with E-state index < -0.39 is 0 Å². The molecule has 1 aromatic carbocycles. The second-order valence-electron chi connectivity index (χ2n) is 3.93. The van der Waals surface area contributed by atoms with Crippen molar-refractivity contribution < 1.29 is 4.74 Å². The van der Waals surface area contributed by atoms with E-state index in [2.05, 4.69) is 43.3 Å². The van der Waals surface area contributed by atoms with Crippen LogP contribution in [0.3, 0.4) is 0 Å². The Balaban J connectivity index is 2.49. The van der Waals surface area contributed by atoms with Gasteiger partial charge in [0.05, 0.1) is 7.11 Å². The van der Waals surface area contributed by atoms with Crippen LogP contribution in [-0.2, 0) is 6.54 Å². The largest absolute Gasteiger partial charge is 0.497 e. The van der Waals surface area contributed by atoms with Crippen molar-refractivity contribution in [3.63, 3.8) is 0 Å².